The fourth-order valence-electron chi connectivity index (χ4n) is 4.21. The van der Waals surface area contributed by atoms with Crippen molar-refractivity contribution < 1.29 is 19.2 Å². The minimum atomic E-state index is -0.425. The van der Waals surface area contributed by atoms with E-state index in [4.69, 9.17) is 24.4 Å². The first-order valence-electron chi connectivity index (χ1n) is 12.8. The van der Waals surface area contributed by atoms with Gasteiger partial charge in [-0.1, -0.05) is 98.2 Å². The molecule has 0 bridgehead atoms. The molecule has 0 unspecified atom stereocenters. The molecule has 2 saturated heterocycles. The minimum absolute atomic E-state index is 0.0506. The molecule has 40 heavy (non-hydrogen) atoms. The summed E-state index contributed by atoms with van der Waals surface area (Å²) in [7, 11) is 0. The van der Waals surface area contributed by atoms with Crippen LogP contribution >= 0.6 is 48.0 Å². The van der Waals surface area contributed by atoms with E-state index in [1.165, 1.54) is 9.80 Å². The first-order valence-corrected chi connectivity index (χ1v) is 15.3. The van der Waals surface area contributed by atoms with Crippen molar-refractivity contribution in [2.24, 2.45) is 0 Å². The van der Waals surface area contributed by atoms with E-state index in [2.05, 4.69) is 10.6 Å². The summed E-state index contributed by atoms with van der Waals surface area (Å²) in [5, 5.41) is 5.78. The molecule has 0 saturated carbocycles. The largest absolute Gasteiger partial charge is 0.326 e. The van der Waals surface area contributed by atoms with Crippen molar-refractivity contribution in [1.82, 2.24) is 9.80 Å². The maximum absolute atomic E-state index is 13.2. The first-order chi connectivity index (χ1) is 19.2. The lowest BCUT2D eigenvalue weighted by atomic mass is 10.1. The standard InChI is InChI=1S/C28H28N4O4S4/c1-3-17-9-5-7-11-19(17)29-21(33)13-15-31-25(35)23(39-27(31)37)24-26(36)32(28(38)40-24)16-14-22(34)30-20-12-8-6-10-18(20)4-2/h5-12H,3-4,13-16H2,1-2H3,(H,29,33)(H,30,34)/b24-23+. The predicted molar refractivity (Wildman–Crippen MR) is 169 cm³/mol. The van der Waals surface area contributed by atoms with Gasteiger partial charge in [0.05, 0.1) is 9.81 Å². The zero-order valence-corrected chi connectivity index (χ0v) is 25.3. The van der Waals surface area contributed by atoms with E-state index in [1.807, 2.05) is 62.4 Å². The Balaban J connectivity index is 1.35. The zero-order valence-electron chi connectivity index (χ0n) is 22.0. The highest BCUT2D eigenvalue weighted by molar-refractivity contribution is 8.29. The Bertz CT molecular complexity index is 1320. The van der Waals surface area contributed by atoms with Crippen molar-refractivity contribution in [1.29, 1.82) is 0 Å². The summed E-state index contributed by atoms with van der Waals surface area (Å²) in [4.78, 5) is 54.6. The van der Waals surface area contributed by atoms with Crippen LogP contribution in [0.5, 0.6) is 0 Å². The summed E-state index contributed by atoms with van der Waals surface area (Å²) in [6.45, 7) is 4.20. The number of para-hydroxylation sites is 2. The molecule has 4 amide bonds. The van der Waals surface area contributed by atoms with Crippen LogP contribution in [0.4, 0.5) is 11.4 Å². The van der Waals surface area contributed by atoms with Gasteiger partial charge < -0.3 is 10.6 Å². The highest BCUT2D eigenvalue weighted by Crippen LogP contribution is 2.42. The SMILES string of the molecule is CCc1ccccc1NC(=O)CCN1C(=O)/C(=C2\SC(=S)N(CCC(=O)Nc3ccccc3CC)C2=O)SC1=S. The molecule has 0 spiro atoms. The van der Waals surface area contributed by atoms with Crippen LogP contribution in [0, 0.1) is 0 Å². The van der Waals surface area contributed by atoms with Crippen molar-refractivity contribution in [2.75, 3.05) is 23.7 Å². The number of benzene rings is 2. The van der Waals surface area contributed by atoms with E-state index in [0.29, 0.717) is 0 Å². The third kappa shape index (κ3) is 6.80. The fourth-order valence-corrected chi connectivity index (χ4v) is 6.98. The Hall–Kier alpha value is -3.06. The smallest absolute Gasteiger partial charge is 0.267 e. The number of carbonyl (C=O) groups is 4. The third-order valence-electron chi connectivity index (χ3n) is 6.37. The van der Waals surface area contributed by atoms with Gasteiger partial charge in [-0.15, -0.1) is 0 Å². The second kappa shape index (κ2) is 13.5. The first kappa shape index (κ1) is 29.9. The van der Waals surface area contributed by atoms with Crippen molar-refractivity contribution in [3.05, 3.63) is 69.5 Å². The summed E-state index contributed by atoms with van der Waals surface area (Å²) < 4.78 is 0.557. The van der Waals surface area contributed by atoms with Gasteiger partial charge >= 0.3 is 0 Å². The summed E-state index contributed by atoms with van der Waals surface area (Å²) in [6.07, 6.45) is 1.66. The average Bonchev–Trinajstić information content (AvgIpc) is 3.39. The maximum Gasteiger partial charge on any atom is 0.267 e. The number of nitrogens with zero attached hydrogens (tertiary/aromatic N) is 2. The molecular weight excluding hydrogens is 585 g/mol. The topological polar surface area (TPSA) is 98.8 Å². The molecule has 12 heteroatoms. The Morgan fingerprint density at radius 3 is 1.45 bits per heavy atom. The molecule has 2 heterocycles. The molecule has 0 radical (unpaired) electrons. The lowest BCUT2D eigenvalue weighted by Gasteiger charge is -2.15. The van der Waals surface area contributed by atoms with Crippen LogP contribution in [0.25, 0.3) is 0 Å². The van der Waals surface area contributed by atoms with Crippen molar-refractivity contribution in [2.45, 2.75) is 39.5 Å². The molecule has 8 nitrogen and oxygen atoms in total. The Kier molecular flexibility index (Phi) is 10.1. The number of amides is 4. The third-order valence-corrected chi connectivity index (χ3v) is 9.40. The van der Waals surface area contributed by atoms with Crippen LogP contribution in [0.1, 0.15) is 37.8 Å². The second-order valence-electron chi connectivity index (χ2n) is 8.93. The van der Waals surface area contributed by atoms with E-state index >= 15 is 0 Å². The molecule has 0 atom stereocenters. The van der Waals surface area contributed by atoms with Gasteiger partial charge in [0.1, 0.15) is 8.64 Å². The number of aryl methyl sites for hydroxylation is 2. The molecule has 2 aromatic carbocycles. The second-order valence-corrected chi connectivity index (χ2v) is 12.2. The van der Waals surface area contributed by atoms with Crippen molar-refractivity contribution in [3.8, 4) is 0 Å². The number of hydrogen-bond donors (Lipinski definition) is 2. The van der Waals surface area contributed by atoms with Gasteiger partial charge in [0.15, 0.2) is 0 Å². The number of thioether (sulfide) groups is 2. The molecule has 2 aliphatic heterocycles. The van der Waals surface area contributed by atoms with Gasteiger partial charge in [0.2, 0.25) is 11.8 Å². The van der Waals surface area contributed by atoms with Crippen LogP contribution < -0.4 is 10.6 Å². The molecule has 0 aromatic heterocycles. The number of hydrogen-bond acceptors (Lipinski definition) is 8. The van der Waals surface area contributed by atoms with Gasteiger partial charge in [-0.25, -0.2) is 0 Å². The quantitative estimate of drug-likeness (QED) is 0.283. The molecule has 208 valence electrons. The zero-order chi connectivity index (χ0) is 28.8. The lowest BCUT2D eigenvalue weighted by molar-refractivity contribution is -0.125. The van der Waals surface area contributed by atoms with E-state index in [-0.39, 0.29) is 56.2 Å². The lowest BCUT2D eigenvalue weighted by Crippen LogP contribution is -2.33. The van der Waals surface area contributed by atoms with Gasteiger partial charge in [0.25, 0.3) is 11.8 Å². The molecule has 4 rings (SSSR count). The van der Waals surface area contributed by atoms with Crippen molar-refractivity contribution in [3.63, 3.8) is 0 Å². The normalized spacial score (nSPS) is 17.1. The van der Waals surface area contributed by atoms with Gasteiger partial charge in [0, 0.05) is 37.3 Å². The van der Waals surface area contributed by atoms with Crippen LogP contribution in [-0.2, 0) is 32.0 Å². The van der Waals surface area contributed by atoms with E-state index in [9.17, 15) is 19.2 Å². The molecule has 2 aromatic rings. The van der Waals surface area contributed by atoms with Gasteiger partial charge in [-0.3, -0.25) is 29.0 Å². The van der Waals surface area contributed by atoms with E-state index in [1.54, 1.807) is 0 Å². The van der Waals surface area contributed by atoms with Crippen LogP contribution in [0.2, 0.25) is 0 Å². The molecule has 0 aliphatic carbocycles. The summed E-state index contributed by atoms with van der Waals surface area (Å²) >= 11 is 12.9. The summed E-state index contributed by atoms with van der Waals surface area (Å²) in [5.74, 6) is -1.32. The molecular formula is C28H28N4O4S4. The monoisotopic (exact) mass is 612 g/mol. The van der Waals surface area contributed by atoms with E-state index in [0.717, 1.165) is 58.9 Å². The highest BCUT2D eigenvalue weighted by Gasteiger charge is 2.42. The fraction of sp³-hybridized carbons (Fsp3) is 0.286. The highest BCUT2D eigenvalue weighted by atomic mass is 32.2. The Morgan fingerprint density at radius 1 is 0.700 bits per heavy atom. The van der Waals surface area contributed by atoms with Crippen LogP contribution in [0.3, 0.4) is 0 Å². The summed E-state index contributed by atoms with van der Waals surface area (Å²) in [5.41, 5.74) is 3.53. The molecule has 2 aliphatic rings. The molecule has 2 N–H and O–H groups in total. The number of anilines is 2. The maximum atomic E-state index is 13.2. The van der Waals surface area contributed by atoms with E-state index < -0.39 is 11.8 Å². The predicted octanol–water partition coefficient (Wildman–Crippen LogP) is 5.10. The average molecular weight is 613 g/mol. The van der Waals surface area contributed by atoms with Crippen LogP contribution in [-0.4, -0.2) is 55.2 Å². The van der Waals surface area contributed by atoms with Crippen LogP contribution in [0.15, 0.2) is 58.3 Å². The Morgan fingerprint density at radius 2 is 1.07 bits per heavy atom. The molecule has 2 fully saturated rings. The van der Waals surface area contributed by atoms with Gasteiger partial charge in [-0.05, 0) is 36.1 Å². The van der Waals surface area contributed by atoms with Crippen molar-refractivity contribution >= 4 is 91.6 Å². The minimum Gasteiger partial charge on any atom is -0.326 e. The van der Waals surface area contributed by atoms with Gasteiger partial charge in [-0.2, -0.15) is 0 Å². The number of nitrogens with one attached hydrogen (secondary N) is 2. The number of thiocarbonyl (C=S) groups is 2. The summed E-state index contributed by atoms with van der Waals surface area (Å²) in [6, 6.07) is 15.1. The number of carbonyl (C=O) groups excluding carboxylic acids is 4. The Labute approximate surface area is 252 Å². The number of rotatable bonds is 10.